The Hall–Kier alpha value is -8.18. The van der Waals surface area contributed by atoms with Crippen LogP contribution in [-0.2, 0) is 85.1 Å². The molecule has 13 heteroatoms. The molecule has 2 radical (unpaired) electrons. The molecule has 0 aliphatic rings. The number of imidazole rings is 2. The molecule has 0 fully saturated rings. The molecule has 0 bridgehead atoms. The number of carbonyl (C=O) groups is 4. The number of ketones is 4. The Kier molecular flexibility index (Phi) is 30.5. The monoisotopic (exact) mass is 1590 g/mol. The standard InChI is InChI=1S/C29H30N2.C29H29N2.C6H7N.2C5H8O2.C5H7O2.2Ir/c2*1-19(2)16-21-10-9-11-22(17-20(3)4)28(21)27-18-30-29-25-14-6-5-12-23(25)24-13-7-8-15-26(24)31(27)29;1-6-4-2-3-5-7-6;3*1-4(6)3-5(2)7;;/h5-15,18-20H,16-17H2,1-4H3;5-13,15,18-20H,16-17H2,1-4H3;2-5H,1H3;2*3,6H,1-2H3;3H,1-2H3;;/q;-1;;;;-1;;. The Morgan fingerprint density at radius 1 is 0.457 bits per heavy atom. The number of benzene rings is 6. The van der Waals surface area contributed by atoms with Crippen LogP contribution in [0.5, 0.6) is 0 Å². The van der Waals surface area contributed by atoms with Crippen molar-refractivity contribution in [3.05, 3.63) is 228 Å². The number of fused-ring (bicyclic) bond motifs is 12. The number of para-hydroxylation sites is 2. The molecular weight excluding hydrogens is 1500 g/mol. The molecule has 0 aliphatic carbocycles. The van der Waals surface area contributed by atoms with E-state index in [4.69, 9.17) is 20.2 Å². The molecule has 2 N–H and O–H groups in total. The van der Waals surface area contributed by atoms with Gasteiger partial charge in [0.2, 0.25) is 0 Å². The molecule has 6 aromatic carbocycles. The van der Waals surface area contributed by atoms with Gasteiger partial charge in [0.05, 0.1) is 40.3 Å². The van der Waals surface area contributed by atoms with E-state index in [1.165, 1.54) is 136 Å². The van der Waals surface area contributed by atoms with Crippen LogP contribution in [-0.4, -0.2) is 57.1 Å². The Balaban J connectivity index is 0.000000274. The molecule has 0 aliphatic heterocycles. The first-order valence-corrected chi connectivity index (χ1v) is 31.0. The van der Waals surface area contributed by atoms with Gasteiger partial charge in [-0.25, -0.2) is 4.98 Å². The van der Waals surface area contributed by atoms with Crippen molar-refractivity contribution in [1.29, 1.82) is 0 Å². The van der Waals surface area contributed by atoms with Crippen LogP contribution < -0.4 is 0 Å². The third kappa shape index (κ3) is 21.5. The second-order valence-corrected chi connectivity index (χ2v) is 24.6. The van der Waals surface area contributed by atoms with Gasteiger partial charge >= 0.3 is 0 Å². The molecule has 0 saturated carbocycles. The van der Waals surface area contributed by atoms with Crippen LogP contribution >= 0.6 is 0 Å². The quantitative estimate of drug-likeness (QED) is 0.0356. The molecule has 11 rings (SSSR count). The van der Waals surface area contributed by atoms with Crippen molar-refractivity contribution < 1.29 is 69.6 Å². The minimum absolute atomic E-state index is 0. The summed E-state index contributed by atoms with van der Waals surface area (Å²) in [6.07, 6.45) is 13.6. The van der Waals surface area contributed by atoms with Crippen molar-refractivity contribution in [2.24, 2.45) is 23.7 Å². The maximum Gasteiger partial charge on any atom is 0.155 e. The minimum Gasteiger partial charge on any atom is -0.512 e. The van der Waals surface area contributed by atoms with Crippen LogP contribution in [0.25, 0.3) is 77.2 Å². The van der Waals surface area contributed by atoms with E-state index in [1.807, 2.05) is 31.2 Å². The SMILES string of the molecule is CC(=O)C=C(C)O.CC(=O)C=C(C)O.CC(=O)[CH-]C(C)=O.CC(C)Cc1cccc(CC(C)C)c1-c1cnc2c3[c-]cccc3c3ccccc3n12.CC(C)Cc1cccc(CC(C)C)c1-c1cnc2c3ccccc3c3ccccc3n12.Cc1ccccn1.[Ir].[Ir]. The summed E-state index contributed by atoms with van der Waals surface area (Å²) < 4.78 is 4.75. The summed E-state index contributed by atoms with van der Waals surface area (Å²) in [5.74, 6) is 1.89. The number of nitrogens with zero attached hydrogens (tertiary/aromatic N) is 5. The number of Topliss-reactive ketones (excluding diaryl/α,β-unsaturated/α-hetero) is 2. The van der Waals surface area contributed by atoms with Crippen molar-refractivity contribution in [2.75, 3.05) is 0 Å². The van der Waals surface area contributed by atoms with Gasteiger partial charge in [0.25, 0.3) is 0 Å². The zero-order valence-electron chi connectivity index (χ0n) is 55.9. The van der Waals surface area contributed by atoms with E-state index in [1.54, 1.807) is 6.20 Å². The summed E-state index contributed by atoms with van der Waals surface area (Å²) in [4.78, 5) is 53.9. The van der Waals surface area contributed by atoms with Crippen molar-refractivity contribution >= 4 is 77.8 Å². The molecule has 0 unspecified atom stereocenters. The molecule has 0 amide bonds. The average molecular weight is 1590 g/mol. The molecule has 486 valence electrons. The first kappa shape index (κ1) is 76.3. The van der Waals surface area contributed by atoms with Gasteiger partial charge in [0, 0.05) is 109 Å². The van der Waals surface area contributed by atoms with E-state index >= 15 is 0 Å². The van der Waals surface area contributed by atoms with Crippen LogP contribution in [0, 0.1) is 43.1 Å². The van der Waals surface area contributed by atoms with E-state index in [0.29, 0.717) is 23.7 Å². The first-order valence-electron chi connectivity index (χ1n) is 31.0. The van der Waals surface area contributed by atoms with Crippen LogP contribution in [0.3, 0.4) is 0 Å². The van der Waals surface area contributed by atoms with Crippen molar-refractivity contribution in [3.63, 3.8) is 0 Å². The molecule has 5 aromatic heterocycles. The molecular formula is C79H89Ir2N5O6-2. The minimum atomic E-state index is -0.187. The number of allylic oxidation sites excluding steroid dienone is 4. The Bertz CT molecular complexity index is 4010. The molecule has 0 atom stereocenters. The van der Waals surface area contributed by atoms with E-state index in [0.717, 1.165) is 54.5 Å². The number of carbonyl (C=O) groups excluding carboxylic acids is 4. The Morgan fingerprint density at radius 3 is 1.17 bits per heavy atom. The maximum absolute atomic E-state index is 10.0. The average Bonchev–Trinajstić information content (AvgIpc) is 1.49. The van der Waals surface area contributed by atoms with Gasteiger partial charge in [0.1, 0.15) is 5.65 Å². The topological polar surface area (TPSA) is 156 Å². The number of aryl methyl sites for hydroxylation is 1. The number of pyridine rings is 3. The molecule has 92 heavy (non-hydrogen) atoms. The Morgan fingerprint density at radius 2 is 0.826 bits per heavy atom. The molecule has 5 heterocycles. The van der Waals surface area contributed by atoms with Crippen molar-refractivity contribution in [3.8, 4) is 22.5 Å². The largest absolute Gasteiger partial charge is 0.512 e. The fourth-order valence-corrected chi connectivity index (χ4v) is 11.2. The van der Waals surface area contributed by atoms with Gasteiger partial charge in [-0.05, 0) is 155 Å². The molecule has 0 saturated heterocycles. The number of hydrogen-bond acceptors (Lipinski definition) is 9. The number of aliphatic hydroxyl groups excluding tert-OH is 2. The maximum atomic E-state index is 10.0. The van der Waals surface area contributed by atoms with Crippen LogP contribution in [0.4, 0.5) is 0 Å². The Labute approximate surface area is 571 Å². The van der Waals surface area contributed by atoms with Crippen LogP contribution in [0.15, 0.2) is 188 Å². The van der Waals surface area contributed by atoms with Crippen LogP contribution in [0.2, 0.25) is 0 Å². The number of hydrogen-bond donors (Lipinski definition) is 2. The predicted octanol–water partition coefficient (Wildman–Crippen LogP) is 19.0. The summed E-state index contributed by atoms with van der Waals surface area (Å²) in [6.45, 7) is 28.8. The summed E-state index contributed by atoms with van der Waals surface area (Å²) in [5, 5.41) is 24.0. The van der Waals surface area contributed by atoms with Gasteiger partial charge in [-0.2, -0.15) is 0 Å². The van der Waals surface area contributed by atoms with E-state index < -0.39 is 0 Å². The summed E-state index contributed by atoms with van der Waals surface area (Å²) in [6, 6.07) is 55.3. The van der Waals surface area contributed by atoms with Gasteiger partial charge in [-0.1, -0.05) is 164 Å². The third-order valence-corrected chi connectivity index (χ3v) is 14.2. The van der Waals surface area contributed by atoms with Gasteiger partial charge in [-0.15, -0.1) is 29.7 Å². The van der Waals surface area contributed by atoms with Gasteiger partial charge < -0.3 is 24.2 Å². The zero-order chi connectivity index (χ0) is 65.8. The fourth-order valence-electron chi connectivity index (χ4n) is 11.2. The van der Waals surface area contributed by atoms with Crippen molar-refractivity contribution in [1.82, 2.24) is 23.8 Å². The second-order valence-electron chi connectivity index (χ2n) is 24.6. The van der Waals surface area contributed by atoms with E-state index in [9.17, 15) is 19.2 Å². The summed E-state index contributed by atoms with van der Waals surface area (Å²) in [5.41, 5.74) is 16.3. The number of aromatic nitrogens is 5. The molecule has 11 aromatic rings. The number of aliphatic hydroxyl groups is 2. The second kappa shape index (κ2) is 36.8. The van der Waals surface area contributed by atoms with Crippen LogP contribution in [0.1, 0.15) is 125 Å². The van der Waals surface area contributed by atoms with Gasteiger partial charge in [-0.3, -0.25) is 30.4 Å². The predicted molar refractivity (Wildman–Crippen MR) is 373 cm³/mol. The summed E-state index contributed by atoms with van der Waals surface area (Å²) >= 11 is 0. The number of rotatable bonds is 14. The van der Waals surface area contributed by atoms with Crippen molar-refractivity contribution in [2.45, 2.75) is 130 Å². The fraction of sp³-hybridized carbons (Fsp3) is 0.291. The molecule has 11 nitrogen and oxygen atoms in total. The molecule has 0 spiro atoms. The van der Waals surface area contributed by atoms with Gasteiger partial charge in [0.15, 0.2) is 11.6 Å². The third-order valence-electron chi connectivity index (χ3n) is 14.2. The van der Waals surface area contributed by atoms with E-state index in [-0.39, 0.29) is 74.9 Å². The summed E-state index contributed by atoms with van der Waals surface area (Å²) in [7, 11) is 0. The first-order chi connectivity index (χ1) is 42.9. The zero-order valence-corrected chi connectivity index (χ0v) is 60.7. The normalized spacial score (nSPS) is 11.1. The smallest absolute Gasteiger partial charge is 0.155 e. The van der Waals surface area contributed by atoms with E-state index in [2.05, 4.69) is 209 Å².